The number of carbonyl (C=O) groups excluding carboxylic acids is 1. The van der Waals surface area contributed by atoms with Gasteiger partial charge in [0.2, 0.25) is 11.7 Å². The van der Waals surface area contributed by atoms with E-state index < -0.39 is 0 Å². The van der Waals surface area contributed by atoms with Crippen LogP contribution in [0, 0.1) is 5.82 Å². The lowest BCUT2D eigenvalue weighted by Gasteiger charge is -2.27. The Bertz CT molecular complexity index is 1040. The summed E-state index contributed by atoms with van der Waals surface area (Å²) in [7, 11) is 0. The minimum atomic E-state index is -0.292. The molecule has 1 aromatic carbocycles. The molecular formula is C20H21FN6O. The van der Waals surface area contributed by atoms with Crippen molar-refractivity contribution in [1.29, 1.82) is 0 Å². The van der Waals surface area contributed by atoms with Gasteiger partial charge in [-0.1, -0.05) is 0 Å². The van der Waals surface area contributed by atoms with E-state index in [0.29, 0.717) is 36.7 Å². The highest BCUT2D eigenvalue weighted by Crippen LogP contribution is 2.29. The maximum absolute atomic E-state index is 14.5. The highest BCUT2D eigenvalue weighted by Gasteiger charge is 2.21. The number of amides is 1. The number of anilines is 2. The molecule has 3 aromatic rings. The zero-order valence-electron chi connectivity index (χ0n) is 15.4. The molecule has 2 fully saturated rings. The summed E-state index contributed by atoms with van der Waals surface area (Å²) in [4.78, 5) is 24.9. The van der Waals surface area contributed by atoms with Gasteiger partial charge in [-0.15, -0.1) is 0 Å². The lowest BCUT2D eigenvalue weighted by atomic mass is 10.1. The fraction of sp³-hybridized carbons (Fsp3) is 0.350. The van der Waals surface area contributed by atoms with Gasteiger partial charge in [-0.05, 0) is 37.1 Å². The summed E-state index contributed by atoms with van der Waals surface area (Å²) in [6.45, 7) is 3.62. The Morgan fingerprint density at radius 2 is 1.93 bits per heavy atom. The number of hydrogen-bond acceptors (Lipinski definition) is 5. The number of rotatable bonds is 3. The topological polar surface area (TPSA) is 65.8 Å². The summed E-state index contributed by atoms with van der Waals surface area (Å²) in [6.07, 6.45) is 5.89. The van der Waals surface area contributed by atoms with Crippen molar-refractivity contribution >= 4 is 23.2 Å². The second-order valence-electron chi connectivity index (χ2n) is 7.23. The van der Waals surface area contributed by atoms with Gasteiger partial charge in [0.1, 0.15) is 11.6 Å². The van der Waals surface area contributed by atoms with Crippen LogP contribution >= 0.6 is 0 Å². The van der Waals surface area contributed by atoms with Crippen molar-refractivity contribution < 1.29 is 9.18 Å². The molecule has 0 saturated carbocycles. The van der Waals surface area contributed by atoms with E-state index in [2.05, 4.69) is 20.2 Å². The van der Waals surface area contributed by atoms with Crippen LogP contribution in [0.25, 0.3) is 17.0 Å². The van der Waals surface area contributed by atoms with Crippen molar-refractivity contribution in [3.63, 3.8) is 0 Å². The van der Waals surface area contributed by atoms with Gasteiger partial charge in [-0.3, -0.25) is 9.20 Å². The van der Waals surface area contributed by atoms with Crippen LogP contribution in [0.5, 0.6) is 0 Å². The number of carbonyl (C=O) groups is 1. The molecule has 0 unspecified atom stereocenters. The predicted molar refractivity (Wildman–Crippen MR) is 105 cm³/mol. The van der Waals surface area contributed by atoms with E-state index in [0.717, 1.165) is 24.6 Å². The summed E-state index contributed by atoms with van der Waals surface area (Å²) < 4.78 is 16.4. The third kappa shape index (κ3) is 2.94. The van der Waals surface area contributed by atoms with Gasteiger partial charge >= 0.3 is 0 Å². The number of fused-ring (bicyclic) bond motifs is 1. The van der Waals surface area contributed by atoms with Gasteiger partial charge < -0.3 is 15.1 Å². The molecule has 7 nitrogen and oxygen atoms in total. The fourth-order valence-electron chi connectivity index (χ4n) is 3.96. The van der Waals surface area contributed by atoms with Gasteiger partial charge in [-0.25, -0.2) is 14.4 Å². The minimum absolute atomic E-state index is 0.00780. The highest BCUT2D eigenvalue weighted by molar-refractivity contribution is 5.82. The molecule has 28 heavy (non-hydrogen) atoms. The van der Waals surface area contributed by atoms with Gasteiger partial charge in [0.05, 0.1) is 18.4 Å². The number of nitrogens with zero attached hydrogens (tertiary/aromatic N) is 5. The Labute approximate surface area is 161 Å². The fourth-order valence-corrected chi connectivity index (χ4v) is 3.96. The summed E-state index contributed by atoms with van der Waals surface area (Å²) in [5.74, 6) is 1.01. The molecule has 0 aliphatic carbocycles. The van der Waals surface area contributed by atoms with Crippen LogP contribution in [-0.4, -0.2) is 53.0 Å². The zero-order valence-corrected chi connectivity index (χ0v) is 15.4. The Morgan fingerprint density at radius 1 is 1.07 bits per heavy atom. The van der Waals surface area contributed by atoms with Crippen LogP contribution in [0.4, 0.5) is 15.9 Å². The van der Waals surface area contributed by atoms with Crippen molar-refractivity contribution in [1.82, 2.24) is 19.7 Å². The Kier molecular flexibility index (Phi) is 4.11. The van der Waals surface area contributed by atoms with E-state index in [1.165, 1.54) is 18.9 Å². The van der Waals surface area contributed by atoms with E-state index in [1.807, 2.05) is 27.6 Å². The molecule has 0 spiro atoms. The first-order chi connectivity index (χ1) is 13.7. The number of hydrogen-bond donors (Lipinski definition) is 1. The predicted octanol–water partition coefficient (Wildman–Crippen LogP) is 2.07. The third-order valence-corrected chi connectivity index (χ3v) is 5.42. The standard InChI is InChI=1S/C20H21FN6O/c21-16-4-3-14(25-7-1-2-8-25)11-15(16)17-5-9-27-19(12-23-20(27)24-17)26-10-6-22-18(28)13-26/h3-5,9,11-12H,1-2,6-8,10,13H2,(H,22,28). The van der Waals surface area contributed by atoms with Gasteiger partial charge in [0.25, 0.3) is 0 Å². The molecule has 2 aromatic heterocycles. The van der Waals surface area contributed by atoms with Crippen LogP contribution in [0.3, 0.4) is 0 Å². The molecule has 1 amide bonds. The van der Waals surface area contributed by atoms with Gasteiger partial charge in [0, 0.05) is 43.6 Å². The Morgan fingerprint density at radius 3 is 2.75 bits per heavy atom. The molecule has 0 atom stereocenters. The van der Waals surface area contributed by atoms with Crippen LogP contribution in [0.15, 0.2) is 36.7 Å². The number of halogens is 1. The van der Waals surface area contributed by atoms with Crippen molar-refractivity contribution in [2.24, 2.45) is 0 Å². The van der Waals surface area contributed by atoms with Crippen molar-refractivity contribution in [3.05, 3.63) is 42.5 Å². The second-order valence-corrected chi connectivity index (χ2v) is 7.23. The average Bonchev–Trinajstić information content (AvgIpc) is 3.38. The Balaban J connectivity index is 1.50. The smallest absolute Gasteiger partial charge is 0.239 e. The number of piperazine rings is 1. The van der Waals surface area contributed by atoms with Crippen LogP contribution in [0.1, 0.15) is 12.8 Å². The van der Waals surface area contributed by atoms with E-state index in [9.17, 15) is 9.18 Å². The highest BCUT2D eigenvalue weighted by atomic mass is 19.1. The van der Waals surface area contributed by atoms with E-state index in [1.54, 1.807) is 12.3 Å². The van der Waals surface area contributed by atoms with Crippen molar-refractivity contribution in [3.8, 4) is 11.3 Å². The molecule has 0 bridgehead atoms. The number of aromatic nitrogens is 3. The van der Waals surface area contributed by atoms with Gasteiger partial charge in [0.15, 0.2) is 0 Å². The first kappa shape index (κ1) is 17.0. The number of benzene rings is 1. The normalized spacial score (nSPS) is 17.4. The molecular weight excluding hydrogens is 359 g/mol. The molecule has 2 saturated heterocycles. The first-order valence-electron chi connectivity index (χ1n) is 9.60. The maximum Gasteiger partial charge on any atom is 0.239 e. The summed E-state index contributed by atoms with van der Waals surface area (Å²) in [5.41, 5.74) is 2.06. The van der Waals surface area contributed by atoms with E-state index in [4.69, 9.17) is 0 Å². The summed E-state index contributed by atoms with van der Waals surface area (Å²) in [6, 6.07) is 7.02. The summed E-state index contributed by atoms with van der Waals surface area (Å²) in [5, 5.41) is 2.82. The SMILES string of the molecule is O=C1CN(c2cnc3nc(-c4cc(N5CCCC5)ccc4F)ccn23)CCN1. The molecule has 2 aliphatic rings. The van der Waals surface area contributed by atoms with Crippen LogP contribution < -0.4 is 15.1 Å². The van der Waals surface area contributed by atoms with Crippen LogP contribution in [0.2, 0.25) is 0 Å². The van der Waals surface area contributed by atoms with Crippen molar-refractivity contribution in [2.75, 3.05) is 42.5 Å². The molecule has 5 rings (SSSR count). The van der Waals surface area contributed by atoms with Crippen LogP contribution in [-0.2, 0) is 4.79 Å². The quantitative estimate of drug-likeness (QED) is 0.754. The van der Waals surface area contributed by atoms with E-state index >= 15 is 0 Å². The third-order valence-electron chi connectivity index (χ3n) is 5.42. The van der Waals surface area contributed by atoms with E-state index in [-0.39, 0.29) is 11.7 Å². The number of imidazole rings is 1. The maximum atomic E-state index is 14.5. The average molecular weight is 380 g/mol. The largest absolute Gasteiger partial charge is 0.372 e. The lowest BCUT2D eigenvalue weighted by Crippen LogP contribution is -2.48. The molecule has 8 heteroatoms. The molecule has 2 aliphatic heterocycles. The minimum Gasteiger partial charge on any atom is -0.372 e. The zero-order chi connectivity index (χ0) is 19.1. The molecule has 0 radical (unpaired) electrons. The lowest BCUT2D eigenvalue weighted by molar-refractivity contribution is -0.120. The molecule has 4 heterocycles. The second kappa shape index (κ2) is 6.78. The first-order valence-corrected chi connectivity index (χ1v) is 9.60. The van der Waals surface area contributed by atoms with Gasteiger partial charge in [-0.2, -0.15) is 0 Å². The Hall–Kier alpha value is -3.16. The number of nitrogens with one attached hydrogen (secondary N) is 1. The van der Waals surface area contributed by atoms with Crippen molar-refractivity contribution in [2.45, 2.75) is 12.8 Å². The monoisotopic (exact) mass is 380 g/mol. The molecule has 1 N–H and O–H groups in total. The summed E-state index contributed by atoms with van der Waals surface area (Å²) >= 11 is 0. The molecule has 144 valence electrons.